The van der Waals surface area contributed by atoms with Crippen molar-refractivity contribution in [3.05, 3.63) is 58.6 Å². The molecule has 130 valence electrons. The van der Waals surface area contributed by atoms with Gasteiger partial charge in [-0.2, -0.15) is 5.26 Å². The number of H-pyrrole nitrogens is 1. The van der Waals surface area contributed by atoms with Gasteiger partial charge in [0.1, 0.15) is 0 Å². The Morgan fingerprint density at radius 3 is 2.69 bits per heavy atom. The van der Waals surface area contributed by atoms with Gasteiger partial charge in [-0.25, -0.2) is 4.98 Å². The monoisotopic (exact) mass is 427 g/mol. The van der Waals surface area contributed by atoms with E-state index < -0.39 is 0 Å². The fourth-order valence-electron chi connectivity index (χ4n) is 2.16. The second kappa shape index (κ2) is 8.17. The molecule has 1 atom stereocenters. The van der Waals surface area contributed by atoms with Gasteiger partial charge in [0.2, 0.25) is 11.1 Å². The summed E-state index contributed by atoms with van der Waals surface area (Å²) < 4.78 is 0.916. The molecule has 0 radical (unpaired) electrons. The number of benzene rings is 2. The summed E-state index contributed by atoms with van der Waals surface area (Å²) in [6.45, 7) is 1.79. The summed E-state index contributed by atoms with van der Waals surface area (Å²) in [5.41, 5.74) is 2.10. The van der Waals surface area contributed by atoms with Crippen LogP contribution >= 0.6 is 27.7 Å². The van der Waals surface area contributed by atoms with Gasteiger partial charge in [-0.1, -0.05) is 45.9 Å². The lowest BCUT2D eigenvalue weighted by molar-refractivity contribution is -0.115. The zero-order chi connectivity index (χ0) is 18.5. The molecule has 0 unspecified atom stereocenters. The minimum Gasteiger partial charge on any atom is -0.325 e. The molecular weight excluding hydrogens is 414 g/mol. The molecule has 0 fully saturated rings. The molecule has 8 heteroatoms. The van der Waals surface area contributed by atoms with Crippen LogP contribution in [0.3, 0.4) is 0 Å². The topological polar surface area (TPSA) is 94.5 Å². The fourth-order valence-corrected chi connectivity index (χ4v) is 3.35. The van der Waals surface area contributed by atoms with E-state index in [2.05, 4.69) is 36.4 Å². The fraction of sp³-hybridized carbons (Fsp3) is 0.111. The van der Waals surface area contributed by atoms with Crippen molar-refractivity contribution >= 4 is 39.3 Å². The van der Waals surface area contributed by atoms with Gasteiger partial charge < -0.3 is 5.32 Å². The molecule has 0 saturated carbocycles. The van der Waals surface area contributed by atoms with Crippen LogP contribution in [-0.2, 0) is 4.79 Å². The van der Waals surface area contributed by atoms with Crippen LogP contribution in [0.2, 0.25) is 0 Å². The molecule has 6 nitrogen and oxygen atoms in total. The number of aromatic amines is 1. The third-order valence-corrected chi connectivity index (χ3v) is 5.18. The van der Waals surface area contributed by atoms with Crippen LogP contribution in [0.4, 0.5) is 5.69 Å². The number of rotatable bonds is 5. The average Bonchev–Trinajstić information content (AvgIpc) is 3.11. The van der Waals surface area contributed by atoms with Crippen molar-refractivity contribution < 1.29 is 4.79 Å². The molecule has 2 N–H and O–H groups in total. The number of carbonyl (C=O) groups is 1. The summed E-state index contributed by atoms with van der Waals surface area (Å²) in [5, 5.41) is 18.8. The van der Waals surface area contributed by atoms with Crippen molar-refractivity contribution in [1.29, 1.82) is 5.26 Å². The molecule has 0 saturated heterocycles. The van der Waals surface area contributed by atoms with Crippen molar-refractivity contribution in [2.45, 2.75) is 17.3 Å². The summed E-state index contributed by atoms with van der Waals surface area (Å²) in [5.74, 6) is 0.478. The van der Waals surface area contributed by atoms with Crippen molar-refractivity contribution in [3.63, 3.8) is 0 Å². The molecule has 2 aromatic carbocycles. The number of hydrogen-bond acceptors (Lipinski definition) is 5. The molecule has 1 amide bonds. The number of nitriles is 1. The molecule has 0 aliphatic carbocycles. The first-order valence-corrected chi connectivity index (χ1v) is 9.39. The largest absolute Gasteiger partial charge is 0.325 e. The van der Waals surface area contributed by atoms with Gasteiger partial charge in [0.15, 0.2) is 5.82 Å². The number of hydrogen-bond donors (Lipinski definition) is 2. The van der Waals surface area contributed by atoms with Gasteiger partial charge in [-0.15, -0.1) is 5.10 Å². The predicted octanol–water partition coefficient (Wildman–Crippen LogP) is 4.23. The summed E-state index contributed by atoms with van der Waals surface area (Å²) in [4.78, 5) is 16.8. The van der Waals surface area contributed by atoms with Crippen LogP contribution in [0.15, 0.2) is 58.2 Å². The zero-order valence-corrected chi connectivity index (χ0v) is 16.1. The lowest BCUT2D eigenvalue weighted by Crippen LogP contribution is -2.22. The smallest absolute Gasteiger partial charge is 0.237 e. The first kappa shape index (κ1) is 18.2. The van der Waals surface area contributed by atoms with Crippen LogP contribution in [0.25, 0.3) is 11.4 Å². The van der Waals surface area contributed by atoms with E-state index in [1.807, 2.05) is 30.3 Å². The SMILES string of the molecule is C[C@H](Sc1n[nH]c(-c2ccccc2Br)n1)C(=O)Nc1ccc(C#N)cc1. The maximum Gasteiger partial charge on any atom is 0.237 e. The van der Waals surface area contributed by atoms with Crippen LogP contribution in [0.5, 0.6) is 0 Å². The minimum absolute atomic E-state index is 0.160. The number of thioether (sulfide) groups is 1. The Bertz CT molecular complexity index is 964. The van der Waals surface area contributed by atoms with Gasteiger partial charge in [0.25, 0.3) is 0 Å². The quantitative estimate of drug-likeness (QED) is 0.594. The minimum atomic E-state index is -0.381. The van der Waals surface area contributed by atoms with E-state index in [1.165, 1.54) is 11.8 Å². The maximum atomic E-state index is 12.3. The van der Waals surface area contributed by atoms with Crippen LogP contribution in [-0.4, -0.2) is 26.3 Å². The van der Waals surface area contributed by atoms with Crippen LogP contribution < -0.4 is 5.32 Å². The first-order valence-electron chi connectivity index (χ1n) is 7.72. The van der Waals surface area contributed by atoms with Crippen molar-refractivity contribution in [3.8, 4) is 17.5 Å². The Labute approximate surface area is 163 Å². The van der Waals surface area contributed by atoms with E-state index in [9.17, 15) is 4.79 Å². The van der Waals surface area contributed by atoms with E-state index in [1.54, 1.807) is 31.2 Å². The summed E-state index contributed by atoms with van der Waals surface area (Å²) in [6, 6.07) is 16.5. The molecule has 3 rings (SSSR count). The lowest BCUT2D eigenvalue weighted by atomic mass is 10.2. The van der Waals surface area contributed by atoms with Gasteiger partial charge in [0, 0.05) is 15.7 Å². The third kappa shape index (κ3) is 4.31. The molecular formula is C18H14BrN5OS. The van der Waals surface area contributed by atoms with Crippen molar-refractivity contribution in [1.82, 2.24) is 15.2 Å². The molecule has 1 heterocycles. The lowest BCUT2D eigenvalue weighted by Gasteiger charge is -2.10. The van der Waals surface area contributed by atoms with Gasteiger partial charge in [-0.05, 0) is 37.3 Å². The Morgan fingerprint density at radius 2 is 2.00 bits per heavy atom. The number of carbonyl (C=O) groups excluding carboxylic acids is 1. The Balaban J connectivity index is 1.64. The second-order valence-corrected chi connectivity index (χ2v) is 7.55. The van der Waals surface area contributed by atoms with Gasteiger partial charge in [-0.3, -0.25) is 9.89 Å². The normalized spacial score (nSPS) is 11.6. The van der Waals surface area contributed by atoms with Gasteiger partial charge >= 0.3 is 0 Å². The molecule has 0 bridgehead atoms. The highest BCUT2D eigenvalue weighted by Gasteiger charge is 2.18. The Kier molecular flexibility index (Phi) is 5.71. The Morgan fingerprint density at radius 1 is 1.27 bits per heavy atom. The number of aromatic nitrogens is 3. The number of nitrogens with one attached hydrogen (secondary N) is 2. The summed E-state index contributed by atoms with van der Waals surface area (Å²) in [7, 11) is 0. The molecule has 0 aliphatic heterocycles. The van der Waals surface area contributed by atoms with E-state index in [-0.39, 0.29) is 11.2 Å². The van der Waals surface area contributed by atoms with Crippen LogP contribution in [0.1, 0.15) is 12.5 Å². The standard InChI is InChI=1S/C18H14BrN5OS/c1-11(17(25)21-13-8-6-12(10-20)7-9-13)26-18-22-16(23-24-18)14-4-2-3-5-15(14)19/h2-9,11H,1H3,(H,21,25)(H,22,23,24)/t11-/m0/s1. The molecule has 0 spiro atoms. The number of anilines is 1. The van der Waals surface area contributed by atoms with E-state index in [4.69, 9.17) is 5.26 Å². The third-order valence-electron chi connectivity index (χ3n) is 3.53. The number of amides is 1. The maximum absolute atomic E-state index is 12.3. The van der Waals surface area contributed by atoms with Crippen molar-refractivity contribution in [2.75, 3.05) is 5.32 Å². The predicted molar refractivity (Wildman–Crippen MR) is 105 cm³/mol. The molecule has 1 aromatic heterocycles. The van der Waals surface area contributed by atoms with E-state index >= 15 is 0 Å². The highest BCUT2D eigenvalue weighted by Crippen LogP contribution is 2.27. The highest BCUT2D eigenvalue weighted by atomic mass is 79.9. The first-order chi connectivity index (χ1) is 12.6. The van der Waals surface area contributed by atoms with Crippen LogP contribution in [0, 0.1) is 11.3 Å². The zero-order valence-electron chi connectivity index (χ0n) is 13.7. The number of nitrogens with zero attached hydrogens (tertiary/aromatic N) is 3. The van der Waals surface area contributed by atoms with E-state index in [0.29, 0.717) is 22.2 Å². The van der Waals surface area contributed by atoms with E-state index in [0.717, 1.165) is 10.0 Å². The highest BCUT2D eigenvalue weighted by molar-refractivity contribution is 9.10. The summed E-state index contributed by atoms with van der Waals surface area (Å²) in [6.07, 6.45) is 0. The Hall–Kier alpha value is -2.63. The average molecular weight is 428 g/mol. The van der Waals surface area contributed by atoms with Crippen molar-refractivity contribution in [2.24, 2.45) is 0 Å². The molecule has 3 aromatic rings. The molecule has 0 aliphatic rings. The van der Waals surface area contributed by atoms with Gasteiger partial charge in [0.05, 0.1) is 16.9 Å². The second-order valence-electron chi connectivity index (χ2n) is 5.38. The molecule has 26 heavy (non-hydrogen) atoms. The number of halogens is 1. The summed E-state index contributed by atoms with van der Waals surface area (Å²) >= 11 is 4.75.